The average molecular weight is 315 g/mol. The summed E-state index contributed by atoms with van der Waals surface area (Å²) in [6.45, 7) is 15.5. The number of allylic oxidation sites excluding steroid dienone is 1. The normalized spacial score (nSPS) is 15.5. The molecule has 0 spiro atoms. The molecule has 0 radical (unpaired) electrons. The lowest BCUT2D eigenvalue weighted by atomic mass is 9.97. The zero-order valence-electron chi connectivity index (χ0n) is 16.6. The SMILES string of the molecule is C=C1CC1.CCC.CCC.CCCNC.NC1CCCCC1. The molecule has 2 nitrogen and oxygen atoms in total. The molecule has 0 aromatic rings. The van der Waals surface area contributed by atoms with Crippen molar-refractivity contribution in [2.45, 2.75) is 105 Å². The molecule has 0 aliphatic heterocycles. The van der Waals surface area contributed by atoms with Crippen molar-refractivity contribution in [2.75, 3.05) is 13.6 Å². The quantitative estimate of drug-likeness (QED) is 0.608. The van der Waals surface area contributed by atoms with E-state index in [1.165, 1.54) is 69.8 Å². The Morgan fingerprint density at radius 1 is 0.955 bits per heavy atom. The molecule has 0 heterocycles. The summed E-state index contributed by atoms with van der Waals surface area (Å²) in [5, 5.41) is 3.02. The topological polar surface area (TPSA) is 38.0 Å². The van der Waals surface area contributed by atoms with Crippen LogP contribution in [0, 0.1) is 0 Å². The van der Waals surface area contributed by atoms with Crippen LogP contribution in [-0.4, -0.2) is 19.6 Å². The van der Waals surface area contributed by atoms with Gasteiger partial charge in [0.15, 0.2) is 0 Å². The van der Waals surface area contributed by atoms with E-state index in [0.717, 1.165) is 6.54 Å². The van der Waals surface area contributed by atoms with Crippen LogP contribution in [0.25, 0.3) is 0 Å². The van der Waals surface area contributed by atoms with E-state index in [2.05, 4.69) is 46.5 Å². The molecule has 0 saturated heterocycles. The number of nitrogens with two attached hydrogens (primary N) is 1. The lowest BCUT2D eigenvalue weighted by molar-refractivity contribution is 0.441. The van der Waals surface area contributed by atoms with Crippen molar-refractivity contribution in [3.05, 3.63) is 12.2 Å². The van der Waals surface area contributed by atoms with Crippen molar-refractivity contribution in [1.82, 2.24) is 5.32 Å². The van der Waals surface area contributed by atoms with Gasteiger partial charge in [-0.25, -0.2) is 0 Å². The smallest absolute Gasteiger partial charge is 0.00388 e. The summed E-state index contributed by atoms with van der Waals surface area (Å²) in [6, 6.07) is 0.536. The van der Waals surface area contributed by atoms with Crippen LogP contribution in [-0.2, 0) is 0 Å². The Balaban J connectivity index is -0.000000216. The van der Waals surface area contributed by atoms with Gasteiger partial charge >= 0.3 is 0 Å². The molecule has 2 heteroatoms. The zero-order chi connectivity index (χ0) is 17.6. The van der Waals surface area contributed by atoms with E-state index < -0.39 is 0 Å². The molecule has 136 valence electrons. The third-order valence-electron chi connectivity index (χ3n) is 2.75. The van der Waals surface area contributed by atoms with Gasteiger partial charge in [-0.2, -0.15) is 0 Å². The Morgan fingerprint density at radius 3 is 1.41 bits per heavy atom. The van der Waals surface area contributed by atoms with Crippen LogP contribution in [0.5, 0.6) is 0 Å². The molecule has 0 aromatic carbocycles. The molecular weight excluding hydrogens is 268 g/mol. The van der Waals surface area contributed by atoms with Crippen molar-refractivity contribution in [3.63, 3.8) is 0 Å². The predicted molar refractivity (Wildman–Crippen MR) is 106 cm³/mol. The number of hydrogen-bond acceptors (Lipinski definition) is 2. The number of hydrogen-bond donors (Lipinski definition) is 2. The van der Waals surface area contributed by atoms with Gasteiger partial charge in [0.1, 0.15) is 0 Å². The summed E-state index contributed by atoms with van der Waals surface area (Å²) in [5.41, 5.74) is 7.05. The second-order valence-corrected chi connectivity index (χ2v) is 6.17. The molecule has 2 fully saturated rings. The van der Waals surface area contributed by atoms with Crippen LogP contribution in [0.2, 0.25) is 0 Å². The fourth-order valence-electron chi connectivity index (χ4n) is 1.47. The van der Waals surface area contributed by atoms with E-state index in [0.29, 0.717) is 6.04 Å². The lowest BCUT2D eigenvalue weighted by Gasteiger charge is -2.15. The standard InChI is InChI=1S/C6H13N.C4H11N.C4H6.2C3H8/c7-6-4-2-1-3-5-6;1-3-4-5-2;1-4-2-3-4;2*1-3-2/h6H,1-5,7H2;5H,3-4H2,1-2H3;1-3H2;2*3H2,1-2H3. The summed E-state index contributed by atoms with van der Waals surface area (Å²) >= 11 is 0. The maximum absolute atomic E-state index is 5.63. The minimum Gasteiger partial charge on any atom is -0.328 e. The summed E-state index contributed by atoms with van der Waals surface area (Å²) in [4.78, 5) is 0. The Kier molecular flexibility index (Phi) is 30.9. The van der Waals surface area contributed by atoms with Crippen LogP contribution >= 0.6 is 0 Å². The second-order valence-electron chi connectivity index (χ2n) is 6.17. The van der Waals surface area contributed by atoms with Gasteiger partial charge in [-0.3, -0.25) is 0 Å². The zero-order valence-corrected chi connectivity index (χ0v) is 16.6. The maximum atomic E-state index is 5.63. The molecule has 0 aromatic heterocycles. The van der Waals surface area contributed by atoms with Gasteiger partial charge in [-0.05, 0) is 45.7 Å². The van der Waals surface area contributed by atoms with Crippen LogP contribution in [0.4, 0.5) is 0 Å². The van der Waals surface area contributed by atoms with E-state index in [-0.39, 0.29) is 0 Å². The summed E-state index contributed by atoms with van der Waals surface area (Å²) in [6.07, 6.45) is 13.0. The van der Waals surface area contributed by atoms with Crippen molar-refractivity contribution in [2.24, 2.45) is 5.73 Å². The lowest BCUT2D eigenvalue weighted by Crippen LogP contribution is -2.22. The Bertz CT molecular complexity index is 174. The monoisotopic (exact) mass is 314 g/mol. The largest absolute Gasteiger partial charge is 0.328 e. The Morgan fingerprint density at radius 2 is 1.32 bits per heavy atom. The highest BCUT2D eigenvalue weighted by Crippen LogP contribution is 2.23. The summed E-state index contributed by atoms with van der Waals surface area (Å²) in [5.74, 6) is 0. The van der Waals surface area contributed by atoms with Crippen molar-refractivity contribution in [3.8, 4) is 0 Å². The molecule has 2 aliphatic rings. The third kappa shape index (κ3) is 42.7. The molecule has 2 aliphatic carbocycles. The summed E-state index contributed by atoms with van der Waals surface area (Å²) < 4.78 is 0. The molecule has 0 amide bonds. The van der Waals surface area contributed by atoms with Crippen LogP contribution in [0.3, 0.4) is 0 Å². The van der Waals surface area contributed by atoms with Crippen LogP contribution < -0.4 is 11.1 Å². The Hall–Kier alpha value is -0.340. The van der Waals surface area contributed by atoms with Crippen molar-refractivity contribution in [1.29, 1.82) is 0 Å². The first-order valence-corrected chi connectivity index (χ1v) is 9.60. The molecule has 0 atom stereocenters. The minimum absolute atomic E-state index is 0.536. The van der Waals surface area contributed by atoms with Gasteiger partial charge < -0.3 is 11.1 Å². The van der Waals surface area contributed by atoms with Gasteiger partial charge in [0.2, 0.25) is 0 Å². The van der Waals surface area contributed by atoms with Gasteiger partial charge in [0.05, 0.1) is 0 Å². The fraction of sp³-hybridized carbons (Fsp3) is 0.900. The second kappa shape index (κ2) is 25.6. The maximum Gasteiger partial charge on any atom is 0.00388 e. The number of nitrogens with one attached hydrogen (secondary N) is 1. The highest BCUT2D eigenvalue weighted by Gasteiger charge is 2.06. The van der Waals surface area contributed by atoms with Crippen LogP contribution in [0.1, 0.15) is 98.8 Å². The summed E-state index contributed by atoms with van der Waals surface area (Å²) in [7, 11) is 1.96. The van der Waals surface area contributed by atoms with Gasteiger partial charge in [0.25, 0.3) is 0 Å². The third-order valence-corrected chi connectivity index (χ3v) is 2.75. The van der Waals surface area contributed by atoms with E-state index in [1.807, 2.05) is 7.05 Å². The van der Waals surface area contributed by atoms with E-state index in [4.69, 9.17) is 5.73 Å². The van der Waals surface area contributed by atoms with E-state index in [9.17, 15) is 0 Å². The molecule has 0 unspecified atom stereocenters. The van der Waals surface area contributed by atoms with Crippen molar-refractivity contribution >= 4 is 0 Å². The number of rotatable bonds is 2. The van der Waals surface area contributed by atoms with E-state index >= 15 is 0 Å². The molecule has 0 bridgehead atoms. The fourth-order valence-corrected chi connectivity index (χ4v) is 1.47. The van der Waals surface area contributed by atoms with Gasteiger partial charge in [0, 0.05) is 6.04 Å². The first-order chi connectivity index (χ1) is 10.5. The average Bonchev–Trinajstić information content (AvgIpc) is 3.26. The molecule has 22 heavy (non-hydrogen) atoms. The van der Waals surface area contributed by atoms with E-state index in [1.54, 1.807) is 0 Å². The van der Waals surface area contributed by atoms with Crippen LogP contribution in [0.15, 0.2) is 12.2 Å². The first-order valence-electron chi connectivity index (χ1n) is 9.60. The molecule has 2 rings (SSSR count). The highest BCUT2D eigenvalue weighted by molar-refractivity contribution is 5.09. The first kappa shape index (κ1) is 26.6. The molecule has 2 saturated carbocycles. The Labute approximate surface area is 142 Å². The molecule has 3 N–H and O–H groups in total. The highest BCUT2D eigenvalue weighted by atomic mass is 14.8. The predicted octanol–water partition coefficient (Wildman–Crippen LogP) is 6.06. The van der Waals surface area contributed by atoms with Crippen molar-refractivity contribution < 1.29 is 0 Å². The van der Waals surface area contributed by atoms with Gasteiger partial charge in [-0.15, -0.1) is 0 Å². The van der Waals surface area contributed by atoms with Gasteiger partial charge in [-0.1, -0.05) is 78.9 Å². The minimum atomic E-state index is 0.536. The molecular formula is C20H46N2.